The van der Waals surface area contributed by atoms with E-state index < -0.39 is 15.8 Å². The molecule has 0 spiro atoms. The van der Waals surface area contributed by atoms with Crippen LogP contribution in [0.4, 0.5) is 21.8 Å². The fourth-order valence-corrected chi connectivity index (χ4v) is 3.42. The predicted molar refractivity (Wildman–Crippen MR) is 107 cm³/mol. The van der Waals surface area contributed by atoms with Crippen molar-refractivity contribution in [2.75, 3.05) is 10.6 Å². The third kappa shape index (κ3) is 5.04. The highest BCUT2D eigenvalue weighted by molar-refractivity contribution is 7.89. The fraction of sp³-hybridized carbons (Fsp3) is 0.105. The normalized spacial score (nSPS) is 15.7. The van der Waals surface area contributed by atoms with Gasteiger partial charge in [0.2, 0.25) is 16.0 Å². The number of hydrogen-bond acceptors (Lipinski definition) is 7. The van der Waals surface area contributed by atoms with Crippen molar-refractivity contribution in [3.05, 3.63) is 71.7 Å². The van der Waals surface area contributed by atoms with E-state index in [0.717, 1.165) is 11.8 Å². The molecule has 10 heteroatoms. The van der Waals surface area contributed by atoms with Crippen molar-refractivity contribution < 1.29 is 12.8 Å². The number of allylic oxidation sites excluding steroid dienone is 4. The summed E-state index contributed by atoms with van der Waals surface area (Å²) >= 11 is 0. The molecule has 0 amide bonds. The van der Waals surface area contributed by atoms with Crippen molar-refractivity contribution in [3.63, 3.8) is 0 Å². The van der Waals surface area contributed by atoms with Crippen LogP contribution in [0, 0.1) is 24.1 Å². The molecule has 4 N–H and O–H groups in total. The number of anilines is 3. The quantitative estimate of drug-likeness (QED) is 0.643. The molecule has 1 aliphatic rings. The largest absolute Gasteiger partial charge is 0.358 e. The van der Waals surface area contributed by atoms with Gasteiger partial charge >= 0.3 is 0 Å². The summed E-state index contributed by atoms with van der Waals surface area (Å²) in [6.07, 6.45) is 9.39. The first kappa shape index (κ1) is 20.2. The summed E-state index contributed by atoms with van der Waals surface area (Å²) < 4.78 is 37.5. The van der Waals surface area contributed by atoms with Crippen LogP contribution in [0.3, 0.4) is 0 Å². The number of primary sulfonamides is 1. The summed E-state index contributed by atoms with van der Waals surface area (Å²) in [5.74, 6) is -0.606. The monoisotopic (exact) mass is 412 g/mol. The predicted octanol–water partition coefficient (Wildman–Crippen LogP) is 2.67. The van der Waals surface area contributed by atoms with Gasteiger partial charge in [-0.3, -0.25) is 0 Å². The van der Waals surface area contributed by atoms with E-state index in [2.05, 4.69) is 20.6 Å². The summed E-state index contributed by atoms with van der Waals surface area (Å²) in [5.41, 5.74) is 1.63. The van der Waals surface area contributed by atoms with Crippen LogP contribution in [-0.2, 0) is 10.0 Å². The van der Waals surface area contributed by atoms with Gasteiger partial charge in [-0.15, -0.1) is 0 Å². The van der Waals surface area contributed by atoms with Gasteiger partial charge in [0.15, 0.2) is 11.6 Å². The number of nitrogens with one attached hydrogen (secondary N) is 2. The van der Waals surface area contributed by atoms with Crippen molar-refractivity contribution >= 4 is 27.5 Å². The molecule has 0 radical (unpaired) electrons. The minimum Gasteiger partial charge on any atom is -0.358 e. The summed E-state index contributed by atoms with van der Waals surface area (Å²) in [4.78, 5) is 7.96. The molecule has 0 atom stereocenters. The van der Waals surface area contributed by atoms with Crippen LogP contribution in [0.1, 0.15) is 5.56 Å². The number of sulfonamides is 1. The molecule has 0 bridgehead atoms. The lowest BCUT2D eigenvalue weighted by Crippen LogP contribution is -2.18. The molecule has 29 heavy (non-hydrogen) atoms. The molecule has 3 rings (SSSR count). The molecule has 148 valence electrons. The number of benzene rings is 1. The molecule has 0 saturated carbocycles. The molecule has 0 unspecified atom stereocenters. The van der Waals surface area contributed by atoms with Gasteiger partial charge in [0.05, 0.1) is 23.2 Å². The maximum Gasteiger partial charge on any atom is 0.238 e. The number of rotatable bonds is 5. The van der Waals surface area contributed by atoms with Crippen LogP contribution >= 0.6 is 0 Å². The third-order valence-electron chi connectivity index (χ3n) is 4.02. The minimum absolute atomic E-state index is 0.0262. The first-order valence-electron chi connectivity index (χ1n) is 8.42. The summed E-state index contributed by atoms with van der Waals surface area (Å²) in [7, 11) is -3.88. The van der Waals surface area contributed by atoms with E-state index >= 15 is 0 Å². The van der Waals surface area contributed by atoms with Crippen molar-refractivity contribution in [1.82, 2.24) is 9.97 Å². The van der Waals surface area contributed by atoms with E-state index in [1.54, 1.807) is 43.4 Å². The van der Waals surface area contributed by atoms with Crippen LogP contribution in [0.5, 0.6) is 0 Å². The van der Waals surface area contributed by atoms with Gasteiger partial charge in [0, 0.05) is 11.8 Å². The molecule has 0 saturated heterocycles. The lowest BCUT2D eigenvalue weighted by molar-refractivity contribution is 0.597. The van der Waals surface area contributed by atoms with Gasteiger partial charge in [-0.05, 0) is 30.2 Å². The number of nitriles is 1. The van der Waals surface area contributed by atoms with Gasteiger partial charge in [-0.1, -0.05) is 30.4 Å². The Balaban J connectivity index is 1.80. The molecular formula is C19H17FN6O2S. The Morgan fingerprint density at radius 1 is 1.31 bits per heavy atom. The first-order chi connectivity index (χ1) is 13.8. The molecule has 1 heterocycles. The van der Waals surface area contributed by atoms with Crippen LogP contribution in [0.15, 0.2) is 65.2 Å². The van der Waals surface area contributed by atoms with Crippen LogP contribution in [0.2, 0.25) is 0 Å². The van der Waals surface area contributed by atoms with Gasteiger partial charge in [-0.25, -0.2) is 22.9 Å². The second-order valence-electron chi connectivity index (χ2n) is 6.20. The molecule has 2 aromatic rings. The van der Waals surface area contributed by atoms with E-state index in [0.29, 0.717) is 11.3 Å². The zero-order chi connectivity index (χ0) is 21.0. The average molecular weight is 412 g/mol. The highest BCUT2D eigenvalue weighted by atomic mass is 32.2. The Kier molecular flexibility index (Phi) is 5.72. The first-order valence-corrected chi connectivity index (χ1v) is 9.96. The highest BCUT2D eigenvalue weighted by Gasteiger charge is 2.14. The summed E-state index contributed by atoms with van der Waals surface area (Å²) in [6.45, 7) is 1.63. The van der Waals surface area contributed by atoms with Gasteiger partial charge in [0.25, 0.3) is 0 Å². The van der Waals surface area contributed by atoms with E-state index in [1.165, 1.54) is 12.1 Å². The highest BCUT2D eigenvalue weighted by Crippen LogP contribution is 2.22. The van der Waals surface area contributed by atoms with Crippen LogP contribution in [0.25, 0.3) is 0 Å². The number of hydrogen-bond donors (Lipinski definition) is 3. The second kappa shape index (κ2) is 8.22. The Morgan fingerprint density at radius 2 is 2.03 bits per heavy atom. The Labute approximate surface area is 167 Å². The van der Waals surface area contributed by atoms with Gasteiger partial charge < -0.3 is 10.6 Å². The zero-order valence-corrected chi connectivity index (χ0v) is 16.1. The Morgan fingerprint density at radius 3 is 2.69 bits per heavy atom. The SMILES string of the molecule is Cc1ccc(Nc2ncc(F)c(NC3C=CC(=CC#N)C=C3)n2)cc1S(N)(=O)=O. The topological polar surface area (TPSA) is 134 Å². The molecule has 8 nitrogen and oxygen atoms in total. The molecule has 0 fully saturated rings. The van der Waals surface area contributed by atoms with E-state index in [4.69, 9.17) is 10.4 Å². The van der Waals surface area contributed by atoms with E-state index in [-0.39, 0.29) is 22.7 Å². The smallest absolute Gasteiger partial charge is 0.238 e. The molecule has 0 aliphatic heterocycles. The second-order valence-corrected chi connectivity index (χ2v) is 7.73. The number of aryl methyl sites for hydroxylation is 1. The maximum atomic E-state index is 14.1. The zero-order valence-electron chi connectivity index (χ0n) is 15.3. The lowest BCUT2D eigenvalue weighted by atomic mass is 10.1. The molecule has 1 aromatic heterocycles. The van der Waals surface area contributed by atoms with E-state index in [9.17, 15) is 12.8 Å². The lowest BCUT2D eigenvalue weighted by Gasteiger charge is -2.16. The third-order valence-corrected chi connectivity index (χ3v) is 5.07. The molecular weight excluding hydrogens is 395 g/mol. The van der Waals surface area contributed by atoms with Gasteiger partial charge in [-0.2, -0.15) is 10.2 Å². The average Bonchev–Trinajstić information content (AvgIpc) is 2.67. The van der Waals surface area contributed by atoms with Crippen LogP contribution < -0.4 is 15.8 Å². The number of aromatic nitrogens is 2. The van der Waals surface area contributed by atoms with Gasteiger partial charge in [0.1, 0.15) is 0 Å². The van der Waals surface area contributed by atoms with Crippen molar-refractivity contribution in [2.24, 2.45) is 5.14 Å². The van der Waals surface area contributed by atoms with Crippen molar-refractivity contribution in [3.8, 4) is 6.07 Å². The van der Waals surface area contributed by atoms with Crippen molar-refractivity contribution in [2.45, 2.75) is 17.9 Å². The Hall–Kier alpha value is -3.55. The maximum absolute atomic E-state index is 14.1. The number of halogens is 1. The minimum atomic E-state index is -3.88. The molecule has 1 aromatic carbocycles. The number of nitrogens with two attached hydrogens (primary N) is 1. The summed E-state index contributed by atoms with van der Waals surface area (Å²) in [6, 6.07) is 6.21. The standard InChI is InChI=1S/C19H17FN6O2S/c1-12-2-5-15(10-17(12)29(22,27)28)25-19-23-11-16(20)18(26-19)24-14-6-3-13(4-7-14)8-9-21/h2-8,10-11,14H,1H3,(H2,22,27,28)(H2,23,24,25,26). The fourth-order valence-electron chi connectivity index (χ4n) is 2.62. The Bertz CT molecular complexity index is 1170. The van der Waals surface area contributed by atoms with E-state index in [1.807, 2.05) is 6.07 Å². The molecule has 1 aliphatic carbocycles. The van der Waals surface area contributed by atoms with Crippen LogP contribution in [-0.4, -0.2) is 24.4 Å². The number of nitrogens with zero attached hydrogens (tertiary/aromatic N) is 3. The summed E-state index contributed by atoms with van der Waals surface area (Å²) in [5, 5.41) is 19.6. The van der Waals surface area contributed by atoms with Crippen molar-refractivity contribution in [1.29, 1.82) is 5.26 Å².